The first-order chi connectivity index (χ1) is 8.70. The van der Waals surface area contributed by atoms with Crippen molar-refractivity contribution in [3.8, 4) is 0 Å². The van der Waals surface area contributed by atoms with Gasteiger partial charge in [-0.1, -0.05) is 12.2 Å². The predicted molar refractivity (Wildman–Crippen MR) is 83.3 cm³/mol. The third-order valence-corrected chi connectivity index (χ3v) is 4.81. The molecule has 0 bridgehead atoms. The largest absolute Gasteiger partial charge is 0.389 e. The molecule has 2 rings (SSSR count). The van der Waals surface area contributed by atoms with E-state index in [2.05, 4.69) is 16.6 Å². The van der Waals surface area contributed by atoms with E-state index >= 15 is 0 Å². The maximum atomic E-state index is 5.72. The van der Waals surface area contributed by atoms with Gasteiger partial charge in [0, 0.05) is 23.1 Å². The van der Waals surface area contributed by atoms with Crippen molar-refractivity contribution in [2.45, 2.75) is 37.0 Å². The van der Waals surface area contributed by atoms with Crippen LogP contribution < -0.4 is 11.1 Å². The highest BCUT2D eigenvalue weighted by Gasteiger charge is 2.21. The van der Waals surface area contributed by atoms with Gasteiger partial charge in [-0.25, -0.2) is 0 Å². The highest BCUT2D eigenvalue weighted by Crippen LogP contribution is 2.29. The van der Waals surface area contributed by atoms with Crippen molar-refractivity contribution in [3.63, 3.8) is 0 Å². The third kappa shape index (κ3) is 3.36. The molecular formula is C13H19N3S2. The van der Waals surface area contributed by atoms with Gasteiger partial charge in [-0.15, -0.1) is 0 Å². The second-order valence-electron chi connectivity index (χ2n) is 4.64. The number of aromatic nitrogens is 1. The van der Waals surface area contributed by atoms with Crippen molar-refractivity contribution in [2.75, 3.05) is 11.6 Å². The minimum Gasteiger partial charge on any atom is -0.389 e. The van der Waals surface area contributed by atoms with Crippen molar-refractivity contribution in [3.05, 3.63) is 24.0 Å². The van der Waals surface area contributed by atoms with E-state index in [4.69, 9.17) is 18.0 Å². The molecule has 0 amide bonds. The van der Waals surface area contributed by atoms with E-state index in [1.165, 1.54) is 25.7 Å². The molecule has 1 saturated carbocycles. The van der Waals surface area contributed by atoms with Crippen LogP contribution in [0.1, 0.15) is 31.2 Å². The molecule has 0 unspecified atom stereocenters. The predicted octanol–water partition coefficient (Wildman–Crippen LogP) is 2.80. The molecule has 1 aromatic heterocycles. The van der Waals surface area contributed by atoms with Crippen molar-refractivity contribution < 1.29 is 0 Å². The number of thioether (sulfide) groups is 1. The van der Waals surface area contributed by atoms with E-state index in [9.17, 15) is 0 Å². The Kier molecular flexibility index (Phi) is 4.83. The van der Waals surface area contributed by atoms with Crippen molar-refractivity contribution in [2.24, 2.45) is 5.73 Å². The summed E-state index contributed by atoms with van der Waals surface area (Å²) in [7, 11) is 0. The molecule has 5 heteroatoms. The molecule has 98 valence electrons. The van der Waals surface area contributed by atoms with Gasteiger partial charge in [0.1, 0.15) is 4.99 Å². The quantitative estimate of drug-likeness (QED) is 0.831. The van der Waals surface area contributed by atoms with Gasteiger partial charge in [0.05, 0.1) is 11.9 Å². The number of nitrogens with two attached hydrogens (primary N) is 1. The highest BCUT2D eigenvalue weighted by atomic mass is 32.2. The van der Waals surface area contributed by atoms with E-state index in [0.717, 1.165) is 16.5 Å². The van der Waals surface area contributed by atoms with E-state index in [1.54, 1.807) is 6.20 Å². The molecule has 0 aromatic carbocycles. The average molecular weight is 281 g/mol. The summed E-state index contributed by atoms with van der Waals surface area (Å²) in [6, 6.07) is 2.39. The lowest BCUT2D eigenvalue weighted by atomic mass is 9.94. The molecule has 1 aliphatic carbocycles. The molecule has 0 spiro atoms. The lowest BCUT2D eigenvalue weighted by molar-refractivity contribution is 0.473. The molecular weight excluding hydrogens is 262 g/mol. The van der Waals surface area contributed by atoms with Gasteiger partial charge in [0.15, 0.2) is 0 Å². The number of hydrogen-bond acceptors (Lipinski definition) is 4. The van der Waals surface area contributed by atoms with Gasteiger partial charge in [0.2, 0.25) is 0 Å². The number of nitrogens with zero attached hydrogens (tertiary/aromatic N) is 1. The van der Waals surface area contributed by atoms with Gasteiger partial charge >= 0.3 is 0 Å². The van der Waals surface area contributed by atoms with Crippen LogP contribution in [0.4, 0.5) is 5.69 Å². The molecule has 0 saturated heterocycles. The summed E-state index contributed by atoms with van der Waals surface area (Å²) >= 11 is 7.04. The SMILES string of the molecule is CSC1CCC(Nc2cnccc2C(N)=S)CC1. The molecule has 18 heavy (non-hydrogen) atoms. The summed E-state index contributed by atoms with van der Waals surface area (Å²) in [5.74, 6) is 0. The van der Waals surface area contributed by atoms with E-state index in [1.807, 2.05) is 24.0 Å². The maximum Gasteiger partial charge on any atom is 0.106 e. The second kappa shape index (κ2) is 6.38. The zero-order valence-electron chi connectivity index (χ0n) is 10.6. The number of hydrogen-bond donors (Lipinski definition) is 2. The molecule has 0 atom stereocenters. The Bertz CT molecular complexity index is 414. The Hall–Kier alpha value is -0.810. The van der Waals surface area contributed by atoms with E-state index < -0.39 is 0 Å². The number of nitrogens with one attached hydrogen (secondary N) is 1. The molecule has 1 heterocycles. The molecule has 0 aliphatic heterocycles. The normalized spacial score (nSPS) is 23.6. The lowest BCUT2D eigenvalue weighted by Crippen LogP contribution is -2.28. The first kappa shape index (κ1) is 13.6. The molecule has 1 fully saturated rings. The number of pyridine rings is 1. The summed E-state index contributed by atoms with van der Waals surface area (Å²) in [5, 5.41) is 4.36. The van der Waals surface area contributed by atoms with Crippen LogP contribution in [0.15, 0.2) is 18.5 Å². The highest BCUT2D eigenvalue weighted by molar-refractivity contribution is 7.99. The third-order valence-electron chi connectivity index (χ3n) is 3.45. The summed E-state index contributed by atoms with van der Waals surface area (Å²) in [6.07, 6.45) is 10.7. The Morgan fingerprint density at radius 1 is 1.44 bits per heavy atom. The van der Waals surface area contributed by atoms with Crippen LogP contribution in [0.3, 0.4) is 0 Å². The van der Waals surface area contributed by atoms with Crippen molar-refractivity contribution >= 4 is 34.7 Å². The molecule has 1 aliphatic rings. The Morgan fingerprint density at radius 2 is 2.17 bits per heavy atom. The molecule has 1 aromatic rings. The van der Waals surface area contributed by atoms with Crippen LogP contribution in [0.2, 0.25) is 0 Å². The van der Waals surface area contributed by atoms with Crippen LogP contribution in [0.5, 0.6) is 0 Å². The first-order valence-corrected chi connectivity index (χ1v) is 7.93. The van der Waals surface area contributed by atoms with Crippen LogP contribution in [0.25, 0.3) is 0 Å². The monoisotopic (exact) mass is 281 g/mol. The summed E-state index contributed by atoms with van der Waals surface area (Å²) < 4.78 is 0. The van der Waals surface area contributed by atoms with Crippen LogP contribution in [-0.2, 0) is 0 Å². The summed E-state index contributed by atoms with van der Waals surface area (Å²) in [5.41, 5.74) is 7.59. The van der Waals surface area contributed by atoms with Gasteiger partial charge in [-0.3, -0.25) is 4.98 Å². The van der Waals surface area contributed by atoms with Crippen LogP contribution in [0, 0.1) is 0 Å². The van der Waals surface area contributed by atoms with Crippen molar-refractivity contribution in [1.29, 1.82) is 0 Å². The van der Waals surface area contributed by atoms with Gasteiger partial charge in [0.25, 0.3) is 0 Å². The molecule has 3 N–H and O–H groups in total. The van der Waals surface area contributed by atoms with Gasteiger partial charge in [-0.2, -0.15) is 11.8 Å². The number of thiocarbonyl (C=S) groups is 1. The summed E-state index contributed by atoms with van der Waals surface area (Å²) in [6.45, 7) is 0. The standard InChI is InChI=1S/C13H19N3S2/c1-18-10-4-2-9(3-5-10)16-12-8-15-7-6-11(12)13(14)17/h6-10,16H,2-5H2,1H3,(H2,14,17). The Morgan fingerprint density at radius 3 is 2.78 bits per heavy atom. The van der Waals surface area contributed by atoms with E-state index in [-0.39, 0.29) is 0 Å². The van der Waals surface area contributed by atoms with Gasteiger partial charge < -0.3 is 11.1 Å². The van der Waals surface area contributed by atoms with Crippen LogP contribution in [-0.4, -0.2) is 27.5 Å². The number of rotatable bonds is 4. The van der Waals surface area contributed by atoms with Gasteiger partial charge in [-0.05, 0) is 38.0 Å². The Labute approximate surface area is 118 Å². The minimum absolute atomic E-state index is 0.428. The fraction of sp³-hybridized carbons (Fsp3) is 0.538. The van der Waals surface area contributed by atoms with Crippen molar-refractivity contribution in [1.82, 2.24) is 4.98 Å². The Balaban J connectivity index is 2.00. The minimum atomic E-state index is 0.428. The second-order valence-corrected chi connectivity index (χ2v) is 6.22. The topological polar surface area (TPSA) is 50.9 Å². The average Bonchev–Trinajstić information content (AvgIpc) is 2.40. The maximum absolute atomic E-state index is 5.72. The smallest absolute Gasteiger partial charge is 0.106 e. The fourth-order valence-corrected chi connectivity index (χ4v) is 3.31. The zero-order chi connectivity index (χ0) is 13.0. The fourth-order valence-electron chi connectivity index (χ4n) is 2.39. The van der Waals surface area contributed by atoms with E-state index in [0.29, 0.717) is 11.0 Å². The first-order valence-electron chi connectivity index (χ1n) is 6.24. The van der Waals surface area contributed by atoms with Crippen LogP contribution >= 0.6 is 24.0 Å². The number of anilines is 1. The molecule has 3 nitrogen and oxygen atoms in total. The molecule has 0 radical (unpaired) electrons. The zero-order valence-corrected chi connectivity index (χ0v) is 12.2. The summed E-state index contributed by atoms with van der Waals surface area (Å²) in [4.78, 5) is 4.57. The lowest BCUT2D eigenvalue weighted by Gasteiger charge is -2.29.